The number of nitrogens with zero attached hydrogens (tertiary/aromatic N) is 2. The Hall–Kier alpha value is -1.39. The molecule has 0 spiro atoms. The van der Waals surface area contributed by atoms with Gasteiger partial charge in [0, 0.05) is 30.7 Å². The summed E-state index contributed by atoms with van der Waals surface area (Å²) in [6.07, 6.45) is 3.15. The first-order chi connectivity index (χ1) is 9.78. The van der Waals surface area contributed by atoms with Gasteiger partial charge in [0.05, 0.1) is 0 Å². The van der Waals surface area contributed by atoms with Crippen molar-refractivity contribution >= 4 is 17.2 Å². The molecule has 0 amide bonds. The number of anilines is 1. The van der Waals surface area contributed by atoms with Crippen LogP contribution < -0.4 is 10.2 Å². The molecule has 0 aliphatic carbocycles. The number of hydrogen-bond donors (Lipinski definition) is 1. The number of aromatic nitrogens is 1. The van der Waals surface area contributed by atoms with Crippen LogP contribution in [0.15, 0.2) is 23.7 Å². The number of nitrogens with one attached hydrogen (secondary N) is 1. The van der Waals surface area contributed by atoms with Crippen LogP contribution in [0.3, 0.4) is 0 Å². The Labute approximate surface area is 124 Å². The molecule has 3 rings (SSSR count). The first-order valence-electron chi connectivity index (χ1n) is 7.24. The van der Waals surface area contributed by atoms with Crippen molar-refractivity contribution in [2.75, 3.05) is 18.0 Å². The molecular weight excluding hydrogens is 266 g/mol. The van der Waals surface area contributed by atoms with Crippen LogP contribution >= 0.6 is 11.3 Å². The number of rotatable bonds is 4. The Kier molecular flexibility index (Phi) is 4.03. The predicted octanol–water partition coefficient (Wildman–Crippen LogP) is 3.12. The van der Waals surface area contributed by atoms with Gasteiger partial charge in [-0.15, -0.1) is 11.3 Å². The lowest BCUT2D eigenvalue weighted by molar-refractivity contribution is 0.713. The van der Waals surface area contributed by atoms with Gasteiger partial charge in [-0.25, -0.2) is 4.98 Å². The number of thiophene rings is 1. The zero-order chi connectivity index (χ0) is 13.9. The Morgan fingerprint density at radius 3 is 3.15 bits per heavy atom. The highest BCUT2D eigenvalue weighted by Gasteiger charge is 2.19. The van der Waals surface area contributed by atoms with Crippen molar-refractivity contribution < 1.29 is 0 Å². The third-order valence-electron chi connectivity index (χ3n) is 3.79. The van der Waals surface area contributed by atoms with Crippen LogP contribution in [0.5, 0.6) is 0 Å². The third kappa shape index (κ3) is 2.72. The van der Waals surface area contributed by atoms with Gasteiger partial charge in [0.2, 0.25) is 0 Å². The van der Waals surface area contributed by atoms with Crippen molar-refractivity contribution in [3.05, 3.63) is 45.3 Å². The van der Waals surface area contributed by atoms with Crippen molar-refractivity contribution in [3.63, 3.8) is 0 Å². The van der Waals surface area contributed by atoms with Crippen molar-refractivity contribution in [2.45, 2.75) is 33.4 Å². The molecule has 0 atom stereocenters. The van der Waals surface area contributed by atoms with Crippen molar-refractivity contribution in [3.8, 4) is 0 Å². The second kappa shape index (κ2) is 5.94. The van der Waals surface area contributed by atoms with E-state index in [0.717, 1.165) is 38.4 Å². The molecule has 1 aliphatic rings. The van der Waals surface area contributed by atoms with E-state index in [2.05, 4.69) is 41.6 Å². The average molecular weight is 287 g/mol. The summed E-state index contributed by atoms with van der Waals surface area (Å²) in [5.41, 5.74) is 4.01. The molecule has 1 N–H and O–H groups in total. The summed E-state index contributed by atoms with van der Waals surface area (Å²) < 4.78 is 0. The number of hydrogen-bond acceptors (Lipinski definition) is 4. The minimum atomic E-state index is 0.902. The van der Waals surface area contributed by atoms with E-state index in [9.17, 15) is 0 Å². The highest BCUT2D eigenvalue weighted by molar-refractivity contribution is 7.10. The lowest BCUT2D eigenvalue weighted by Crippen LogP contribution is -2.30. The van der Waals surface area contributed by atoms with Gasteiger partial charge in [-0.1, -0.05) is 6.92 Å². The zero-order valence-corrected chi connectivity index (χ0v) is 13.0. The third-order valence-corrected chi connectivity index (χ3v) is 4.82. The molecule has 3 heterocycles. The summed E-state index contributed by atoms with van der Waals surface area (Å²) in [4.78, 5) is 8.65. The van der Waals surface area contributed by atoms with Crippen LogP contribution in [0, 0.1) is 6.92 Å². The lowest BCUT2D eigenvalue weighted by Gasteiger charge is -2.29. The highest BCUT2D eigenvalue weighted by Crippen LogP contribution is 2.28. The molecule has 2 aromatic heterocycles. The molecule has 4 heteroatoms. The van der Waals surface area contributed by atoms with Crippen LogP contribution in [0.4, 0.5) is 5.82 Å². The van der Waals surface area contributed by atoms with E-state index in [4.69, 9.17) is 4.98 Å². The quantitative estimate of drug-likeness (QED) is 0.936. The van der Waals surface area contributed by atoms with E-state index in [1.807, 2.05) is 17.5 Å². The van der Waals surface area contributed by atoms with Crippen LogP contribution in [0.2, 0.25) is 0 Å². The van der Waals surface area contributed by atoms with Crippen LogP contribution in [-0.4, -0.2) is 18.1 Å². The topological polar surface area (TPSA) is 28.2 Å². The molecule has 0 saturated heterocycles. The van der Waals surface area contributed by atoms with Gasteiger partial charge in [-0.3, -0.25) is 0 Å². The fourth-order valence-corrected chi connectivity index (χ4v) is 3.64. The molecule has 106 valence electrons. The maximum atomic E-state index is 4.70. The summed E-state index contributed by atoms with van der Waals surface area (Å²) in [6, 6.07) is 4.51. The van der Waals surface area contributed by atoms with Gasteiger partial charge in [-0.2, -0.15) is 0 Å². The molecule has 0 radical (unpaired) electrons. The minimum Gasteiger partial charge on any atom is -0.352 e. The maximum absolute atomic E-state index is 4.70. The average Bonchev–Trinajstić information content (AvgIpc) is 2.92. The number of fused-ring (bicyclic) bond motifs is 1. The van der Waals surface area contributed by atoms with Crippen molar-refractivity contribution in [1.82, 2.24) is 10.3 Å². The standard InChI is InChI=1S/C16H21N3S/c1-3-17-9-13-8-12(2)16(18-10-13)19-6-4-15-14(11-19)5-7-20-15/h5,7-8,10,17H,3-4,6,9,11H2,1-2H3. The van der Waals surface area contributed by atoms with Gasteiger partial charge >= 0.3 is 0 Å². The Morgan fingerprint density at radius 1 is 1.45 bits per heavy atom. The smallest absolute Gasteiger partial charge is 0.131 e. The molecule has 1 aliphatic heterocycles. The Morgan fingerprint density at radius 2 is 2.35 bits per heavy atom. The Bertz CT molecular complexity index is 591. The second-order valence-electron chi connectivity index (χ2n) is 5.30. The summed E-state index contributed by atoms with van der Waals surface area (Å²) in [5, 5.41) is 5.55. The number of aryl methyl sites for hydroxylation is 1. The van der Waals surface area contributed by atoms with Crippen LogP contribution in [0.1, 0.15) is 28.5 Å². The molecule has 0 aromatic carbocycles. The van der Waals surface area contributed by atoms with E-state index >= 15 is 0 Å². The van der Waals surface area contributed by atoms with Gasteiger partial charge in [0.1, 0.15) is 5.82 Å². The molecule has 20 heavy (non-hydrogen) atoms. The van der Waals surface area contributed by atoms with Crippen molar-refractivity contribution in [2.24, 2.45) is 0 Å². The predicted molar refractivity (Wildman–Crippen MR) is 85.4 cm³/mol. The van der Waals surface area contributed by atoms with Gasteiger partial charge in [0.25, 0.3) is 0 Å². The summed E-state index contributed by atoms with van der Waals surface area (Å²) in [6.45, 7) is 8.27. The number of pyridine rings is 1. The molecule has 0 bridgehead atoms. The first-order valence-corrected chi connectivity index (χ1v) is 8.12. The minimum absolute atomic E-state index is 0.902. The molecule has 0 fully saturated rings. The van der Waals surface area contributed by atoms with E-state index in [0.29, 0.717) is 0 Å². The molecule has 2 aromatic rings. The van der Waals surface area contributed by atoms with E-state index in [-0.39, 0.29) is 0 Å². The Balaban J connectivity index is 1.78. The summed E-state index contributed by atoms with van der Waals surface area (Å²) in [7, 11) is 0. The normalized spacial score (nSPS) is 14.4. The van der Waals surface area contributed by atoms with Crippen LogP contribution in [-0.2, 0) is 19.5 Å². The van der Waals surface area contributed by atoms with Gasteiger partial charge in [0.15, 0.2) is 0 Å². The fourth-order valence-electron chi connectivity index (χ4n) is 2.75. The SMILES string of the molecule is CCNCc1cnc(N2CCc3sccc3C2)c(C)c1. The molecular formula is C16H21N3S. The largest absolute Gasteiger partial charge is 0.352 e. The summed E-state index contributed by atoms with van der Waals surface area (Å²) in [5.74, 6) is 1.14. The lowest BCUT2D eigenvalue weighted by atomic mass is 10.1. The van der Waals surface area contributed by atoms with Crippen LogP contribution in [0.25, 0.3) is 0 Å². The second-order valence-corrected chi connectivity index (χ2v) is 6.31. The van der Waals surface area contributed by atoms with Gasteiger partial charge < -0.3 is 10.2 Å². The maximum Gasteiger partial charge on any atom is 0.131 e. The van der Waals surface area contributed by atoms with Crippen molar-refractivity contribution in [1.29, 1.82) is 0 Å². The van der Waals surface area contributed by atoms with E-state index in [1.165, 1.54) is 16.7 Å². The molecule has 0 saturated carbocycles. The monoisotopic (exact) mass is 287 g/mol. The first kappa shape index (κ1) is 13.6. The fraction of sp³-hybridized carbons (Fsp3) is 0.438. The van der Waals surface area contributed by atoms with E-state index < -0.39 is 0 Å². The molecule has 0 unspecified atom stereocenters. The highest BCUT2D eigenvalue weighted by atomic mass is 32.1. The van der Waals surface area contributed by atoms with E-state index in [1.54, 1.807) is 4.88 Å². The zero-order valence-electron chi connectivity index (χ0n) is 12.1. The molecule has 3 nitrogen and oxygen atoms in total. The van der Waals surface area contributed by atoms with Gasteiger partial charge in [-0.05, 0) is 54.1 Å². The summed E-state index contributed by atoms with van der Waals surface area (Å²) >= 11 is 1.88.